The van der Waals surface area contributed by atoms with Crippen LogP contribution in [0.1, 0.15) is 35.2 Å². The molecular weight excluding hydrogens is 348 g/mol. The molecule has 2 aromatic carbocycles. The van der Waals surface area contributed by atoms with Crippen molar-refractivity contribution in [1.82, 2.24) is 5.32 Å². The molecule has 1 N–H and O–H groups in total. The van der Waals surface area contributed by atoms with Gasteiger partial charge in [0.2, 0.25) is 10.0 Å². The van der Waals surface area contributed by atoms with E-state index in [1.54, 1.807) is 24.3 Å². The average molecular weight is 370 g/mol. The number of benzene rings is 2. The number of amides is 1. The highest BCUT2D eigenvalue weighted by Gasteiger charge is 2.44. The minimum atomic E-state index is -3.24. The van der Waals surface area contributed by atoms with E-state index in [0.29, 0.717) is 30.8 Å². The number of sulfonamides is 1. The van der Waals surface area contributed by atoms with Crippen LogP contribution < -0.4 is 9.62 Å². The molecule has 1 saturated carbocycles. The Kier molecular flexibility index (Phi) is 4.23. The Morgan fingerprint density at radius 3 is 2.50 bits per heavy atom. The molecule has 136 valence electrons. The van der Waals surface area contributed by atoms with E-state index in [1.807, 2.05) is 18.2 Å². The number of hydrogen-bond acceptors (Lipinski definition) is 3. The van der Waals surface area contributed by atoms with Gasteiger partial charge in [0.15, 0.2) is 0 Å². The summed E-state index contributed by atoms with van der Waals surface area (Å²) in [5.74, 6) is 0.00823. The van der Waals surface area contributed by atoms with Crippen LogP contribution in [0.3, 0.4) is 0 Å². The van der Waals surface area contributed by atoms with Gasteiger partial charge in [-0.25, -0.2) is 8.42 Å². The van der Waals surface area contributed by atoms with Crippen molar-refractivity contribution in [2.75, 3.05) is 23.1 Å². The lowest BCUT2D eigenvalue weighted by molar-refractivity contribution is 0.0949. The summed E-state index contributed by atoms with van der Waals surface area (Å²) in [7, 11) is -3.24. The second-order valence-electron chi connectivity index (χ2n) is 7.12. The van der Waals surface area contributed by atoms with Crippen LogP contribution in [0, 0.1) is 0 Å². The average Bonchev–Trinajstić information content (AvgIpc) is 3.37. The van der Waals surface area contributed by atoms with Crippen molar-refractivity contribution in [3.8, 4) is 0 Å². The Hall–Kier alpha value is -2.34. The summed E-state index contributed by atoms with van der Waals surface area (Å²) >= 11 is 0. The minimum Gasteiger partial charge on any atom is -0.351 e. The van der Waals surface area contributed by atoms with E-state index < -0.39 is 10.0 Å². The number of hydrogen-bond donors (Lipinski definition) is 1. The third-order valence-electron chi connectivity index (χ3n) is 5.32. The van der Waals surface area contributed by atoms with Crippen molar-refractivity contribution in [2.24, 2.45) is 0 Å². The van der Waals surface area contributed by atoms with Gasteiger partial charge in [0.1, 0.15) is 0 Å². The highest BCUT2D eigenvalue weighted by atomic mass is 32.2. The number of rotatable bonds is 5. The van der Waals surface area contributed by atoms with Gasteiger partial charge in [-0.2, -0.15) is 0 Å². The van der Waals surface area contributed by atoms with Crippen LogP contribution in [0.5, 0.6) is 0 Å². The summed E-state index contributed by atoms with van der Waals surface area (Å²) < 4.78 is 25.6. The predicted molar refractivity (Wildman–Crippen MR) is 102 cm³/mol. The minimum absolute atomic E-state index is 0.0484. The Bertz CT molecular complexity index is 921. The van der Waals surface area contributed by atoms with Gasteiger partial charge in [-0.05, 0) is 43.0 Å². The molecule has 5 nitrogen and oxygen atoms in total. The molecule has 0 spiro atoms. The van der Waals surface area contributed by atoms with E-state index in [2.05, 4.69) is 17.4 Å². The molecular formula is C20H22N2O3S. The second kappa shape index (κ2) is 6.43. The zero-order valence-corrected chi connectivity index (χ0v) is 15.3. The van der Waals surface area contributed by atoms with Crippen LogP contribution in [0.4, 0.5) is 5.69 Å². The van der Waals surface area contributed by atoms with Crippen LogP contribution in [0.2, 0.25) is 0 Å². The summed E-state index contributed by atoms with van der Waals surface area (Å²) in [6, 6.07) is 17.1. The van der Waals surface area contributed by atoms with Gasteiger partial charge in [0.25, 0.3) is 5.91 Å². The zero-order chi connectivity index (χ0) is 18.2. The van der Waals surface area contributed by atoms with Crippen molar-refractivity contribution in [3.05, 3.63) is 65.7 Å². The normalized spacial score (nSPS) is 19.9. The molecule has 26 heavy (non-hydrogen) atoms. The fourth-order valence-electron chi connectivity index (χ4n) is 3.59. The fraction of sp³-hybridized carbons (Fsp3) is 0.350. The first-order chi connectivity index (χ1) is 12.5. The topological polar surface area (TPSA) is 66.5 Å². The second-order valence-corrected chi connectivity index (χ2v) is 9.13. The Balaban J connectivity index is 1.47. The van der Waals surface area contributed by atoms with E-state index in [-0.39, 0.29) is 17.1 Å². The highest BCUT2D eigenvalue weighted by molar-refractivity contribution is 7.93. The Morgan fingerprint density at radius 2 is 1.85 bits per heavy atom. The maximum atomic E-state index is 12.6. The van der Waals surface area contributed by atoms with Crippen LogP contribution in [0.15, 0.2) is 54.6 Å². The van der Waals surface area contributed by atoms with E-state index in [9.17, 15) is 13.2 Å². The van der Waals surface area contributed by atoms with Gasteiger partial charge >= 0.3 is 0 Å². The number of nitrogens with zero attached hydrogens (tertiary/aromatic N) is 1. The Labute approximate surface area is 154 Å². The lowest BCUT2D eigenvalue weighted by Crippen LogP contribution is -2.32. The zero-order valence-electron chi connectivity index (χ0n) is 14.5. The molecule has 1 aliphatic carbocycles. The van der Waals surface area contributed by atoms with Gasteiger partial charge in [-0.3, -0.25) is 9.10 Å². The van der Waals surface area contributed by atoms with Crippen molar-refractivity contribution >= 4 is 21.6 Å². The molecule has 0 unspecified atom stereocenters. The molecule has 6 heteroatoms. The molecule has 0 aromatic heterocycles. The van der Waals surface area contributed by atoms with Crippen molar-refractivity contribution < 1.29 is 13.2 Å². The maximum Gasteiger partial charge on any atom is 0.251 e. The van der Waals surface area contributed by atoms with Crippen molar-refractivity contribution in [2.45, 2.75) is 24.7 Å². The van der Waals surface area contributed by atoms with Crippen molar-refractivity contribution in [1.29, 1.82) is 0 Å². The van der Waals surface area contributed by atoms with Gasteiger partial charge in [0.05, 0.1) is 11.4 Å². The summed E-state index contributed by atoms with van der Waals surface area (Å²) in [6.45, 7) is 1.08. The highest BCUT2D eigenvalue weighted by Crippen LogP contribution is 2.47. The number of nitrogens with one attached hydrogen (secondary N) is 1. The molecule has 2 aromatic rings. The first-order valence-electron chi connectivity index (χ1n) is 8.94. The smallest absolute Gasteiger partial charge is 0.251 e. The van der Waals surface area contributed by atoms with Gasteiger partial charge in [0, 0.05) is 24.1 Å². The number of carbonyl (C=O) groups is 1. The van der Waals surface area contributed by atoms with E-state index in [1.165, 1.54) is 9.87 Å². The fourth-order valence-corrected chi connectivity index (χ4v) is 5.15. The predicted octanol–water partition coefficient (Wildman–Crippen LogP) is 2.69. The van der Waals surface area contributed by atoms with E-state index in [0.717, 1.165) is 12.8 Å². The molecule has 2 fully saturated rings. The summed E-state index contributed by atoms with van der Waals surface area (Å²) in [5, 5.41) is 3.03. The molecule has 4 rings (SSSR count). The SMILES string of the molecule is O=C(NCC1(c2ccccc2)CC1)c1cccc(N2CCCS2(=O)=O)c1. The third-order valence-corrected chi connectivity index (χ3v) is 7.19. The maximum absolute atomic E-state index is 12.6. The third kappa shape index (κ3) is 3.21. The standard InChI is InChI=1S/C20H22N2O3S/c23-19(21-15-20(10-11-20)17-7-2-1-3-8-17)16-6-4-9-18(14-16)22-12-5-13-26(22,24)25/h1-4,6-9,14H,5,10-13,15H2,(H,21,23). The first-order valence-corrected chi connectivity index (χ1v) is 10.6. The molecule has 2 aliphatic rings. The Morgan fingerprint density at radius 1 is 1.08 bits per heavy atom. The van der Waals surface area contributed by atoms with E-state index in [4.69, 9.17) is 0 Å². The van der Waals surface area contributed by atoms with Crippen LogP contribution in [0.25, 0.3) is 0 Å². The van der Waals surface area contributed by atoms with Gasteiger partial charge in [-0.1, -0.05) is 36.4 Å². The largest absolute Gasteiger partial charge is 0.351 e. The molecule has 0 atom stereocenters. The summed E-state index contributed by atoms with van der Waals surface area (Å²) in [4.78, 5) is 12.6. The summed E-state index contributed by atoms with van der Waals surface area (Å²) in [5.41, 5.74) is 2.37. The molecule has 1 amide bonds. The lowest BCUT2D eigenvalue weighted by atomic mass is 9.96. The van der Waals surface area contributed by atoms with Gasteiger partial charge < -0.3 is 5.32 Å². The molecule has 0 radical (unpaired) electrons. The van der Waals surface area contributed by atoms with Crippen LogP contribution >= 0.6 is 0 Å². The first kappa shape index (κ1) is 17.1. The quantitative estimate of drug-likeness (QED) is 0.880. The molecule has 0 bridgehead atoms. The number of anilines is 1. The van der Waals surface area contributed by atoms with Crippen LogP contribution in [-0.4, -0.2) is 33.2 Å². The van der Waals surface area contributed by atoms with Crippen molar-refractivity contribution in [3.63, 3.8) is 0 Å². The molecule has 1 saturated heterocycles. The summed E-state index contributed by atoms with van der Waals surface area (Å²) in [6.07, 6.45) is 2.77. The van der Waals surface area contributed by atoms with E-state index >= 15 is 0 Å². The van der Waals surface area contributed by atoms with Gasteiger partial charge in [-0.15, -0.1) is 0 Å². The number of carbonyl (C=O) groups excluding carboxylic acids is 1. The monoisotopic (exact) mass is 370 g/mol. The molecule has 1 aliphatic heterocycles. The van der Waals surface area contributed by atoms with Crippen LogP contribution in [-0.2, 0) is 15.4 Å². The molecule has 1 heterocycles. The lowest BCUT2D eigenvalue weighted by Gasteiger charge is -2.19.